The van der Waals surface area contributed by atoms with Crippen LogP contribution in [-0.4, -0.2) is 65.6 Å². The summed E-state index contributed by atoms with van der Waals surface area (Å²) < 4.78 is 5.11. The molecule has 1 aliphatic heterocycles. The number of carbonyl (C=O) groups is 1. The summed E-state index contributed by atoms with van der Waals surface area (Å²) in [5, 5.41) is 0.0228. The Morgan fingerprint density at radius 2 is 2.10 bits per heavy atom. The molecule has 20 heavy (non-hydrogen) atoms. The molecule has 2 heterocycles. The van der Waals surface area contributed by atoms with E-state index in [0.717, 1.165) is 13.1 Å². The molecule has 1 aromatic heterocycles. The van der Waals surface area contributed by atoms with Crippen molar-refractivity contribution in [2.45, 2.75) is 12.2 Å². The summed E-state index contributed by atoms with van der Waals surface area (Å²) in [6, 6.07) is 1.73. The lowest BCUT2D eigenvalue weighted by Gasteiger charge is -2.35. The number of piperazine rings is 1. The van der Waals surface area contributed by atoms with Gasteiger partial charge in [0.15, 0.2) is 0 Å². The van der Waals surface area contributed by atoms with Gasteiger partial charge >= 0.3 is 0 Å². The highest BCUT2D eigenvalue weighted by molar-refractivity contribution is 7.99. The molecular weight excluding hydrogens is 276 g/mol. The maximum absolute atomic E-state index is 12.1. The molecule has 110 valence electrons. The van der Waals surface area contributed by atoms with E-state index < -0.39 is 0 Å². The molecule has 2 rings (SSSR count). The number of aromatic nitrogens is 2. The van der Waals surface area contributed by atoms with Crippen molar-refractivity contribution in [1.29, 1.82) is 0 Å². The summed E-state index contributed by atoms with van der Waals surface area (Å²) in [5.41, 5.74) is 0. The van der Waals surface area contributed by atoms with Crippen LogP contribution in [-0.2, 0) is 4.79 Å². The van der Waals surface area contributed by atoms with E-state index in [1.165, 1.54) is 0 Å². The van der Waals surface area contributed by atoms with E-state index in [4.69, 9.17) is 4.74 Å². The molecule has 6 nitrogen and oxygen atoms in total. The summed E-state index contributed by atoms with van der Waals surface area (Å²) in [6.45, 7) is 4.87. The number of nitrogens with zero attached hydrogens (tertiary/aromatic N) is 4. The van der Waals surface area contributed by atoms with E-state index in [9.17, 15) is 4.79 Å². The lowest BCUT2D eigenvalue weighted by molar-refractivity contribution is -0.130. The van der Waals surface area contributed by atoms with Crippen LogP contribution in [0.2, 0.25) is 0 Å². The molecule has 0 radical (unpaired) electrons. The molecule has 1 atom stereocenters. The minimum absolute atomic E-state index is 0.0228. The van der Waals surface area contributed by atoms with Crippen LogP contribution in [0.3, 0.4) is 0 Å². The standard InChI is InChI=1S/C13H20N4O2S/c1-10(20-3)12(18)16-6-8-17(9-7-16)13-14-5-4-11(15-13)19-2/h4-5,10H,6-9H2,1-3H3/t10-/m1/s1. The number of anilines is 1. The van der Waals surface area contributed by atoms with Crippen LogP contribution in [0.4, 0.5) is 5.95 Å². The third kappa shape index (κ3) is 3.33. The van der Waals surface area contributed by atoms with Gasteiger partial charge in [0.1, 0.15) is 0 Å². The zero-order valence-electron chi connectivity index (χ0n) is 12.1. The zero-order chi connectivity index (χ0) is 14.5. The van der Waals surface area contributed by atoms with Gasteiger partial charge in [-0.3, -0.25) is 4.79 Å². The Kier molecular flexibility index (Phi) is 5.05. The summed E-state index contributed by atoms with van der Waals surface area (Å²) >= 11 is 1.58. The molecule has 1 aliphatic rings. The van der Waals surface area contributed by atoms with Crippen LogP contribution >= 0.6 is 11.8 Å². The Hall–Kier alpha value is -1.50. The third-order valence-electron chi connectivity index (χ3n) is 3.40. The maximum atomic E-state index is 12.1. The molecule has 1 saturated heterocycles. The number of amides is 1. The average molecular weight is 296 g/mol. The first-order valence-electron chi connectivity index (χ1n) is 6.59. The van der Waals surface area contributed by atoms with Crippen LogP contribution in [0, 0.1) is 0 Å². The van der Waals surface area contributed by atoms with Crippen molar-refractivity contribution in [3.8, 4) is 5.88 Å². The minimum atomic E-state index is 0.0228. The Labute approximate surface area is 123 Å². The highest BCUT2D eigenvalue weighted by Gasteiger charge is 2.25. The van der Waals surface area contributed by atoms with Gasteiger partial charge in [-0.05, 0) is 13.2 Å². The van der Waals surface area contributed by atoms with Crippen LogP contribution in [0.25, 0.3) is 0 Å². The largest absolute Gasteiger partial charge is 0.481 e. The molecule has 0 bridgehead atoms. The average Bonchev–Trinajstić information content (AvgIpc) is 2.53. The monoisotopic (exact) mass is 296 g/mol. The van der Waals surface area contributed by atoms with Gasteiger partial charge in [0.25, 0.3) is 0 Å². The zero-order valence-corrected chi connectivity index (χ0v) is 12.9. The molecule has 0 unspecified atom stereocenters. The van der Waals surface area contributed by atoms with Crippen molar-refractivity contribution in [2.75, 3.05) is 44.4 Å². The van der Waals surface area contributed by atoms with Crippen molar-refractivity contribution >= 4 is 23.6 Å². The van der Waals surface area contributed by atoms with Crippen LogP contribution in [0.15, 0.2) is 12.3 Å². The van der Waals surface area contributed by atoms with Crippen LogP contribution in [0.5, 0.6) is 5.88 Å². The van der Waals surface area contributed by atoms with Crippen molar-refractivity contribution in [3.63, 3.8) is 0 Å². The number of methoxy groups -OCH3 is 1. The molecule has 0 aliphatic carbocycles. The number of hydrogen-bond donors (Lipinski definition) is 0. The van der Waals surface area contributed by atoms with E-state index in [2.05, 4.69) is 14.9 Å². The first-order valence-corrected chi connectivity index (χ1v) is 7.88. The van der Waals surface area contributed by atoms with Gasteiger partial charge in [-0.1, -0.05) is 0 Å². The van der Waals surface area contributed by atoms with Crippen molar-refractivity contribution in [1.82, 2.24) is 14.9 Å². The topological polar surface area (TPSA) is 58.6 Å². The second kappa shape index (κ2) is 6.78. The molecule has 0 aromatic carbocycles. The third-order valence-corrected chi connectivity index (χ3v) is 4.31. The molecule has 1 fully saturated rings. The predicted octanol–water partition coefficient (Wildman–Crippen LogP) is 0.885. The van der Waals surface area contributed by atoms with Crippen molar-refractivity contribution < 1.29 is 9.53 Å². The minimum Gasteiger partial charge on any atom is -0.481 e. The van der Waals surface area contributed by atoms with Crippen molar-refractivity contribution in [3.05, 3.63) is 12.3 Å². The molecule has 0 spiro atoms. The second-order valence-corrected chi connectivity index (χ2v) is 5.77. The molecular formula is C13H20N4O2S. The second-order valence-electron chi connectivity index (χ2n) is 4.59. The molecule has 7 heteroatoms. The highest BCUT2D eigenvalue weighted by Crippen LogP contribution is 2.16. The van der Waals surface area contributed by atoms with Gasteiger partial charge in [-0.25, -0.2) is 4.98 Å². The fraction of sp³-hybridized carbons (Fsp3) is 0.615. The Bertz CT molecular complexity index is 463. The summed E-state index contributed by atoms with van der Waals surface area (Å²) in [5.74, 6) is 1.43. The van der Waals surface area contributed by atoms with Crippen LogP contribution < -0.4 is 9.64 Å². The van der Waals surface area contributed by atoms with Gasteiger partial charge in [0.2, 0.25) is 17.7 Å². The van der Waals surface area contributed by atoms with E-state index in [1.807, 2.05) is 18.1 Å². The normalized spacial score (nSPS) is 16.9. The predicted molar refractivity (Wildman–Crippen MR) is 80.4 cm³/mol. The lowest BCUT2D eigenvalue weighted by Crippen LogP contribution is -2.51. The SMILES string of the molecule is COc1ccnc(N2CCN(C(=O)[C@@H](C)SC)CC2)n1. The molecule has 0 saturated carbocycles. The van der Waals surface area contributed by atoms with Crippen molar-refractivity contribution in [2.24, 2.45) is 0 Å². The smallest absolute Gasteiger partial charge is 0.235 e. The maximum Gasteiger partial charge on any atom is 0.235 e. The first-order chi connectivity index (χ1) is 9.65. The van der Waals surface area contributed by atoms with Gasteiger partial charge < -0.3 is 14.5 Å². The quantitative estimate of drug-likeness (QED) is 0.822. The summed E-state index contributed by atoms with van der Waals surface area (Å²) in [7, 11) is 1.59. The van der Waals surface area contributed by atoms with E-state index >= 15 is 0 Å². The molecule has 1 aromatic rings. The highest BCUT2D eigenvalue weighted by atomic mass is 32.2. The van der Waals surface area contributed by atoms with Gasteiger partial charge in [0.05, 0.1) is 12.4 Å². The fourth-order valence-corrected chi connectivity index (χ4v) is 2.43. The number of thioether (sulfide) groups is 1. The Morgan fingerprint density at radius 1 is 1.40 bits per heavy atom. The Balaban J connectivity index is 1.95. The number of hydrogen-bond acceptors (Lipinski definition) is 6. The number of carbonyl (C=O) groups excluding carboxylic acids is 1. The van der Waals surface area contributed by atoms with E-state index in [1.54, 1.807) is 31.1 Å². The Morgan fingerprint density at radius 3 is 2.70 bits per heavy atom. The first kappa shape index (κ1) is 14.9. The van der Waals surface area contributed by atoms with Gasteiger partial charge in [-0.2, -0.15) is 16.7 Å². The van der Waals surface area contributed by atoms with Gasteiger partial charge in [-0.15, -0.1) is 0 Å². The summed E-state index contributed by atoms with van der Waals surface area (Å²) in [6.07, 6.45) is 3.65. The fourth-order valence-electron chi connectivity index (χ4n) is 2.08. The molecule has 1 amide bonds. The van der Waals surface area contributed by atoms with Crippen LogP contribution in [0.1, 0.15) is 6.92 Å². The van der Waals surface area contributed by atoms with E-state index in [-0.39, 0.29) is 11.2 Å². The number of rotatable bonds is 4. The lowest BCUT2D eigenvalue weighted by atomic mass is 10.3. The molecule has 0 N–H and O–H groups in total. The summed E-state index contributed by atoms with van der Waals surface area (Å²) in [4.78, 5) is 24.7. The van der Waals surface area contributed by atoms with E-state index in [0.29, 0.717) is 24.9 Å². The van der Waals surface area contributed by atoms with Gasteiger partial charge in [0, 0.05) is 38.4 Å². The number of ether oxygens (including phenoxy) is 1.